The Balaban J connectivity index is 2.17. The highest BCUT2D eigenvalue weighted by Crippen LogP contribution is 2.31. The molecule has 4 nitrogen and oxygen atoms in total. The molecule has 0 aromatic heterocycles. The lowest BCUT2D eigenvalue weighted by Gasteiger charge is -2.24. The normalized spacial score (nSPS) is 32.4. The summed E-state index contributed by atoms with van der Waals surface area (Å²) in [6, 6.07) is 0. The first-order valence-electron chi connectivity index (χ1n) is 5.93. The van der Waals surface area contributed by atoms with Crippen molar-refractivity contribution in [1.82, 2.24) is 10.6 Å². The second-order valence-electron chi connectivity index (χ2n) is 4.37. The van der Waals surface area contributed by atoms with Crippen molar-refractivity contribution < 1.29 is 0 Å². The minimum Gasteiger partial charge on any atom is -0.330 e. The van der Waals surface area contributed by atoms with E-state index in [9.17, 15) is 0 Å². The smallest absolute Gasteiger partial charge is 0.140 e. The maximum absolute atomic E-state index is 6.07. The molecule has 0 aromatic rings. The van der Waals surface area contributed by atoms with E-state index in [4.69, 9.17) is 27.2 Å². The van der Waals surface area contributed by atoms with E-state index in [1.54, 1.807) is 0 Å². The van der Waals surface area contributed by atoms with Gasteiger partial charge in [-0.15, -0.1) is 0 Å². The van der Waals surface area contributed by atoms with Crippen LogP contribution in [0.3, 0.4) is 0 Å². The Bertz CT molecular complexity index is 219. The quantitative estimate of drug-likeness (QED) is 0.257. The zero-order valence-electron chi connectivity index (χ0n) is 9.84. The molecule has 1 rings (SSSR count). The third kappa shape index (κ3) is 3.52. The van der Waals surface area contributed by atoms with E-state index in [0.717, 1.165) is 32.4 Å². The molecule has 1 aliphatic rings. The maximum Gasteiger partial charge on any atom is 0.140 e. The van der Waals surface area contributed by atoms with Gasteiger partial charge in [0.25, 0.3) is 0 Å². The predicted molar refractivity (Wildman–Crippen MR) is 70.7 cm³/mol. The highest BCUT2D eigenvalue weighted by atomic mass is 15.1. The summed E-state index contributed by atoms with van der Waals surface area (Å²) in [6.45, 7) is 2.99. The Morgan fingerprint density at radius 1 is 0.875 bits per heavy atom. The molecule has 1 saturated heterocycles. The Hall–Kier alpha value is 0.0348. The van der Waals surface area contributed by atoms with Crippen LogP contribution in [0.15, 0.2) is 0 Å². The first kappa shape index (κ1) is 14.1. The molecular formula is C9H20B3N4. The average Bonchev–Trinajstić information content (AvgIpc) is 2.77. The van der Waals surface area contributed by atoms with Crippen LogP contribution in [-0.4, -0.2) is 59.8 Å². The van der Waals surface area contributed by atoms with E-state index in [0.29, 0.717) is 13.1 Å². The van der Waals surface area contributed by atoms with Gasteiger partial charge in [0.2, 0.25) is 0 Å². The van der Waals surface area contributed by atoms with Crippen LogP contribution in [0.4, 0.5) is 0 Å². The van der Waals surface area contributed by atoms with E-state index in [2.05, 4.69) is 10.6 Å². The number of rotatable bonds is 9. The van der Waals surface area contributed by atoms with Crippen LogP contribution in [0.1, 0.15) is 19.3 Å². The number of hydrogen-bond donors (Lipinski definition) is 4. The first-order chi connectivity index (χ1) is 7.58. The molecule has 1 fully saturated rings. The third-order valence-corrected chi connectivity index (χ3v) is 2.90. The zero-order valence-corrected chi connectivity index (χ0v) is 9.84. The topological polar surface area (TPSA) is 76.1 Å². The predicted octanol–water partition coefficient (Wildman–Crippen LogP) is -2.38. The second kappa shape index (κ2) is 6.10. The number of hydrogen-bond acceptors (Lipinski definition) is 4. The minimum absolute atomic E-state index is 0.587. The Morgan fingerprint density at radius 2 is 1.38 bits per heavy atom. The molecule has 0 aromatic carbocycles. The van der Waals surface area contributed by atoms with Gasteiger partial charge in [0, 0.05) is 0 Å². The lowest BCUT2D eigenvalue weighted by atomic mass is 9.77. The van der Waals surface area contributed by atoms with Crippen LogP contribution in [0.5, 0.6) is 0 Å². The summed E-state index contributed by atoms with van der Waals surface area (Å²) in [5, 5.41) is 5.25. The molecule has 0 bridgehead atoms. The fourth-order valence-electron chi connectivity index (χ4n) is 1.68. The standard InChI is InChI=1S/C9H20B3N4/c10-8(15-6-2-1-4-13)9(11,12-8)16-7-3-5-14/h15-16H,1-7,13-14H2. The van der Waals surface area contributed by atoms with Crippen LogP contribution < -0.4 is 22.1 Å². The Kier molecular flexibility index (Phi) is 5.37. The monoisotopic (exact) mass is 217 g/mol. The molecule has 6 N–H and O–H groups in total. The van der Waals surface area contributed by atoms with Crippen LogP contribution in [0, 0.1) is 0 Å². The molecule has 5 radical (unpaired) electrons. The van der Waals surface area contributed by atoms with Crippen LogP contribution >= 0.6 is 0 Å². The van der Waals surface area contributed by atoms with Gasteiger partial charge in [0.15, 0.2) is 0 Å². The highest BCUT2D eigenvalue weighted by molar-refractivity contribution is 6.81. The van der Waals surface area contributed by atoms with Gasteiger partial charge in [0.05, 0.1) is 15.7 Å². The van der Waals surface area contributed by atoms with Crippen molar-refractivity contribution in [2.75, 3.05) is 26.2 Å². The van der Waals surface area contributed by atoms with E-state index in [-0.39, 0.29) is 0 Å². The average molecular weight is 217 g/mol. The van der Waals surface area contributed by atoms with E-state index < -0.39 is 10.7 Å². The molecule has 16 heavy (non-hydrogen) atoms. The largest absolute Gasteiger partial charge is 0.330 e. The lowest BCUT2D eigenvalue weighted by Crippen LogP contribution is -2.49. The zero-order chi connectivity index (χ0) is 12.1. The van der Waals surface area contributed by atoms with Gasteiger partial charge in [-0.3, -0.25) is 0 Å². The van der Waals surface area contributed by atoms with Gasteiger partial charge in [0.1, 0.15) is 7.28 Å². The summed E-state index contributed by atoms with van der Waals surface area (Å²) in [7, 11) is 14.0. The summed E-state index contributed by atoms with van der Waals surface area (Å²) in [4.78, 5) is 0. The number of unbranched alkanes of at least 4 members (excludes halogenated alkanes) is 1. The van der Waals surface area contributed by atoms with Crippen molar-refractivity contribution in [3.8, 4) is 0 Å². The molecule has 2 atom stereocenters. The fourth-order valence-corrected chi connectivity index (χ4v) is 1.68. The van der Waals surface area contributed by atoms with E-state index in [1.165, 1.54) is 0 Å². The van der Waals surface area contributed by atoms with Crippen molar-refractivity contribution >= 4 is 23.0 Å². The molecule has 1 heterocycles. The van der Waals surface area contributed by atoms with Gasteiger partial charge >= 0.3 is 0 Å². The fraction of sp³-hybridized carbons (Fsp3) is 1.00. The molecule has 7 heteroatoms. The van der Waals surface area contributed by atoms with Gasteiger partial charge < -0.3 is 22.1 Å². The molecule has 0 amide bonds. The summed E-state index contributed by atoms with van der Waals surface area (Å²) >= 11 is 0. The SMILES string of the molecule is [B]C1(NCCCN)[B]C1([B])NCCCCN. The summed E-state index contributed by atoms with van der Waals surface area (Å²) in [5.74, 6) is 0. The highest BCUT2D eigenvalue weighted by Gasteiger charge is 2.59. The van der Waals surface area contributed by atoms with Crippen molar-refractivity contribution in [3.63, 3.8) is 0 Å². The van der Waals surface area contributed by atoms with Crippen LogP contribution in [-0.2, 0) is 0 Å². The summed E-state index contributed by atoms with van der Waals surface area (Å²) < 4.78 is 0. The maximum atomic E-state index is 6.07. The Morgan fingerprint density at radius 3 is 1.88 bits per heavy atom. The second-order valence-corrected chi connectivity index (χ2v) is 4.37. The molecule has 2 unspecified atom stereocenters. The number of nitrogens with two attached hydrogens (primary N) is 2. The van der Waals surface area contributed by atoms with Crippen molar-refractivity contribution in [2.45, 2.75) is 29.9 Å². The molecule has 0 aliphatic carbocycles. The van der Waals surface area contributed by atoms with E-state index in [1.807, 2.05) is 7.28 Å². The molecule has 1 aliphatic heterocycles. The molecule has 85 valence electrons. The Labute approximate surface area is 102 Å². The van der Waals surface area contributed by atoms with Crippen LogP contribution in [0.25, 0.3) is 0 Å². The van der Waals surface area contributed by atoms with Gasteiger partial charge in [-0.2, -0.15) is 0 Å². The summed E-state index contributed by atoms with van der Waals surface area (Å²) in [5.41, 5.74) is 10.8. The third-order valence-electron chi connectivity index (χ3n) is 2.90. The number of nitrogens with one attached hydrogen (secondary N) is 2. The van der Waals surface area contributed by atoms with Crippen molar-refractivity contribution in [3.05, 3.63) is 0 Å². The van der Waals surface area contributed by atoms with Gasteiger partial charge in [-0.05, 0) is 56.1 Å². The van der Waals surface area contributed by atoms with Gasteiger partial charge in [-0.1, -0.05) is 0 Å². The van der Waals surface area contributed by atoms with Gasteiger partial charge in [-0.25, -0.2) is 0 Å². The molecule has 0 saturated carbocycles. The first-order valence-corrected chi connectivity index (χ1v) is 5.93. The van der Waals surface area contributed by atoms with Crippen molar-refractivity contribution in [1.29, 1.82) is 0 Å². The minimum atomic E-state index is -0.592. The summed E-state index contributed by atoms with van der Waals surface area (Å²) in [6.07, 6.45) is 2.92. The van der Waals surface area contributed by atoms with Crippen LogP contribution in [0.2, 0.25) is 0 Å². The van der Waals surface area contributed by atoms with Crippen molar-refractivity contribution in [2.24, 2.45) is 11.5 Å². The molecular weight excluding hydrogens is 197 g/mol. The molecule has 0 spiro atoms. The lowest BCUT2D eigenvalue weighted by molar-refractivity contribution is 0.519. The van der Waals surface area contributed by atoms with E-state index >= 15 is 0 Å².